The Morgan fingerprint density at radius 1 is 1.00 bits per heavy atom. The molecule has 2 amide bonds. The van der Waals surface area contributed by atoms with Crippen LogP contribution in [0.5, 0.6) is 0 Å². The molecular weight excluding hydrogens is 345 g/mol. The van der Waals surface area contributed by atoms with E-state index in [1.54, 1.807) is 36.4 Å². The minimum Gasteiger partial charge on any atom is -0.326 e. The van der Waals surface area contributed by atoms with Crippen LogP contribution in [0.2, 0.25) is 0 Å². The van der Waals surface area contributed by atoms with Crippen LogP contribution in [0.1, 0.15) is 18.9 Å². The topological polar surface area (TPSA) is 61.4 Å². The van der Waals surface area contributed by atoms with Crippen molar-refractivity contribution in [3.05, 3.63) is 71.6 Å². The molecule has 1 aliphatic rings. The van der Waals surface area contributed by atoms with Gasteiger partial charge in [-0.1, -0.05) is 18.2 Å². The third kappa shape index (κ3) is 5.49. The fraction of sp³-hybridized carbons (Fsp3) is 0.238. The smallest absolute Gasteiger partial charge is 0.251 e. The third-order valence-corrected chi connectivity index (χ3v) is 4.37. The molecule has 27 heavy (non-hydrogen) atoms. The number of carbonyl (C=O) groups excluding carboxylic acids is 2. The number of nitrogens with zero attached hydrogens (tertiary/aromatic N) is 1. The van der Waals surface area contributed by atoms with Gasteiger partial charge in [-0.3, -0.25) is 14.5 Å². The number of anilines is 2. The van der Waals surface area contributed by atoms with Gasteiger partial charge in [-0.2, -0.15) is 0 Å². The summed E-state index contributed by atoms with van der Waals surface area (Å²) < 4.78 is 13.0. The van der Waals surface area contributed by atoms with E-state index in [-0.39, 0.29) is 17.6 Å². The maximum absolute atomic E-state index is 13.0. The standard InChI is InChI=1S/C21H22FN3O2/c1-15(26)23-19-6-8-20(9-7-19)24-21(27)17-10-12-25(13-11-17)14-16-2-4-18(22)5-3-16/h2-10H,11-14H2,1H3,(H,23,26)(H,24,27). The summed E-state index contributed by atoms with van der Waals surface area (Å²) in [5, 5.41) is 5.57. The van der Waals surface area contributed by atoms with Gasteiger partial charge in [0.25, 0.3) is 5.91 Å². The zero-order chi connectivity index (χ0) is 19.2. The summed E-state index contributed by atoms with van der Waals surface area (Å²) in [6, 6.07) is 13.5. The zero-order valence-corrected chi connectivity index (χ0v) is 15.2. The fourth-order valence-corrected chi connectivity index (χ4v) is 2.96. The van der Waals surface area contributed by atoms with Crippen molar-refractivity contribution in [3.8, 4) is 0 Å². The molecule has 1 aliphatic heterocycles. The van der Waals surface area contributed by atoms with E-state index in [2.05, 4.69) is 15.5 Å². The van der Waals surface area contributed by atoms with E-state index >= 15 is 0 Å². The molecule has 0 atom stereocenters. The number of rotatable bonds is 5. The predicted molar refractivity (Wildman–Crippen MR) is 104 cm³/mol. The first-order valence-electron chi connectivity index (χ1n) is 8.84. The molecule has 140 valence electrons. The molecule has 0 saturated heterocycles. The monoisotopic (exact) mass is 367 g/mol. The van der Waals surface area contributed by atoms with Crippen LogP contribution in [-0.2, 0) is 16.1 Å². The Kier molecular flexibility index (Phi) is 5.98. The van der Waals surface area contributed by atoms with Crippen LogP contribution in [0.15, 0.2) is 60.2 Å². The van der Waals surface area contributed by atoms with Crippen molar-refractivity contribution in [1.82, 2.24) is 4.90 Å². The van der Waals surface area contributed by atoms with Gasteiger partial charge in [0, 0.05) is 43.5 Å². The van der Waals surface area contributed by atoms with Gasteiger partial charge in [-0.25, -0.2) is 4.39 Å². The van der Waals surface area contributed by atoms with Gasteiger partial charge >= 0.3 is 0 Å². The number of nitrogens with one attached hydrogen (secondary N) is 2. The van der Waals surface area contributed by atoms with Gasteiger partial charge in [0.05, 0.1) is 0 Å². The number of amides is 2. The van der Waals surface area contributed by atoms with Gasteiger partial charge in [-0.05, 0) is 48.4 Å². The summed E-state index contributed by atoms with van der Waals surface area (Å²) in [6.07, 6.45) is 2.60. The molecule has 0 unspecified atom stereocenters. The molecule has 0 aromatic heterocycles. The summed E-state index contributed by atoms with van der Waals surface area (Å²) in [6.45, 7) is 3.64. The molecule has 0 spiro atoms. The Balaban J connectivity index is 1.53. The van der Waals surface area contributed by atoms with E-state index in [1.807, 2.05) is 6.08 Å². The van der Waals surface area contributed by atoms with E-state index in [9.17, 15) is 14.0 Å². The van der Waals surface area contributed by atoms with Crippen LogP contribution < -0.4 is 10.6 Å². The zero-order valence-electron chi connectivity index (χ0n) is 15.2. The third-order valence-electron chi connectivity index (χ3n) is 4.37. The normalized spacial score (nSPS) is 14.4. The van der Waals surface area contributed by atoms with Crippen molar-refractivity contribution in [2.24, 2.45) is 0 Å². The molecule has 2 aromatic carbocycles. The second-order valence-electron chi connectivity index (χ2n) is 6.55. The molecular formula is C21H22FN3O2. The highest BCUT2D eigenvalue weighted by Gasteiger charge is 2.17. The molecule has 0 radical (unpaired) electrons. The Bertz CT molecular complexity index is 845. The number of carbonyl (C=O) groups is 2. The minimum atomic E-state index is -0.235. The predicted octanol–water partition coefficient (Wildman–Crippen LogP) is 3.55. The van der Waals surface area contributed by atoms with Crippen LogP contribution in [-0.4, -0.2) is 29.8 Å². The van der Waals surface area contributed by atoms with Crippen LogP contribution in [0.3, 0.4) is 0 Å². The van der Waals surface area contributed by atoms with E-state index in [1.165, 1.54) is 19.1 Å². The molecule has 0 fully saturated rings. The Hall–Kier alpha value is -2.99. The van der Waals surface area contributed by atoms with Crippen LogP contribution >= 0.6 is 0 Å². The van der Waals surface area contributed by atoms with Crippen molar-refractivity contribution in [2.45, 2.75) is 19.9 Å². The number of halogens is 1. The second-order valence-corrected chi connectivity index (χ2v) is 6.55. The summed E-state index contributed by atoms with van der Waals surface area (Å²) >= 11 is 0. The molecule has 2 N–H and O–H groups in total. The molecule has 0 saturated carbocycles. The highest BCUT2D eigenvalue weighted by Crippen LogP contribution is 2.18. The lowest BCUT2D eigenvalue weighted by molar-refractivity contribution is -0.114. The number of benzene rings is 2. The fourth-order valence-electron chi connectivity index (χ4n) is 2.96. The van der Waals surface area contributed by atoms with Crippen LogP contribution in [0, 0.1) is 5.82 Å². The number of hydrogen-bond acceptors (Lipinski definition) is 3. The van der Waals surface area contributed by atoms with Crippen LogP contribution in [0.25, 0.3) is 0 Å². The van der Waals surface area contributed by atoms with E-state index in [4.69, 9.17) is 0 Å². The summed E-state index contributed by atoms with van der Waals surface area (Å²) in [5.41, 5.74) is 3.19. The van der Waals surface area contributed by atoms with Crippen molar-refractivity contribution < 1.29 is 14.0 Å². The maximum Gasteiger partial charge on any atom is 0.251 e. The summed E-state index contributed by atoms with van der Waals surface area (Å²) in [7, 11) is 0. The van der Waals surface area contributed by atoms with E-state index in [0.717, 1.165) is 24.2 Å². The molecule has 2 aromatic rings. The highest BCUT2D eigenvalue weighted by atomic mass is 19.1. The molecule has 0 aliphatic carbocycles. The largest absolute Gasteiger partial charge is 0.326 e. The second kappa shape index (κ2) is 8.60. The van der Waals surface area contributed by atoms with Crippen molar-refractivity contribution in [1.29, 1.82) is 0 Å². The van der Waals surface area contributed by atoms with Crippen molar-refractivity contribution in [3.63, 3.8) is 0 Å². The Morgan fingerprint density at radius 3 is 2.19 bits per heavy atom. The summed E-state index contributed by atoms with van der Waals surface area (Å²) in [4.78, 5) is 25.7. The minimum absolute atomic E-state index is 0.108. The molecule has 3 rings (SSSR count). The van der Waals surface area contributed by atoms with Gasteiger partial charge in [0.15, 0.2) is 0 Å². The summed E-state index contributed by atoms with van der Waals surface area (Å²) in [5.74, 6) is -0.477. The SMILES string of the molecule is CC(=O)Nc1ccc(NC(=O)C2=CCN(Cc3ccc(F)cc3)CC2)cc1. The molecule has 0 bridgehead atoms. The lowest BCUT2D eigenvalue weighted by Gasteiger charge is -2.26. The first kappa shape index (κ1) is 18.8. The van der Waals surface area contributed by atoms with E-state index < -0.39 is 0 Å². The highest BCUT2D eigenvalue weighted by molar-refractivity contribution is 6.04. The quantitative estimate of drug-likeness (QED) is 0.850. The van der Waals surface area contributed by atoms with Crippen molar-refractivity contribution >= 4 is 23.2 Å². The van der Waals surface area contributed by atoms with Gasteiger partial charge < -0.3 is 10.6 Å². The van der Waals surface area contributed by atoms with Gasteiger partial charge in [0.2, 0.25) is 5.91 Å². The average molecular weight is 367 g/mol. The van der Waals surface area contributed by atoms with Crippen LogP contribution in [0.4, 0.5) is 15.8 Å². The van der Waals surface area contributed by atoms with E-state index in [0.29, 0.717) is 24.3 Å². The lowest BCUT2D eigenvalue weighted by atomic mass is 10.1. The maximum atomic E-state index is 13.0. The lowest BCUT2D eigenvalue weighted by Crippen LogP contribution is -2.31. The van der Waals surface area contributed by atoms with Crippen molar-refractivity contribution in [2.75, 3.05) is 23.7 Å². The Morgan fingerprint density at radius 2 is 1.63 bits per heavy atom. The van der Waals surface area contributed by atoms with Gasteiger partial charge in [-0.15, -0.1) is 0 Å². The molecule has 1 heterocycles. The Labute approximate surface area is 157 Å². The molecule has 5 nitrogen and oxygen atoms in total. The molecule has 6 heteroatoms. The average Bonchev–Trinajstić information content (AvgIpc) is 2.65. The number of hydrogen-bond donors (Lipinski definition) is 2. The first-order valence-corrected chi connectivity index (χ1v) is 8.84. The first-order chi connectivity index (χ1) is 13.0. The van der Waals surface area contributed by atoms with Gasteiger partial charge in [0.1, 0.15) is 5.82 Å².